The zero-order valence-corrected chi connectivity index (χ0v) is 15.9. The van der Waals surface area contributed by atoms with Crippen LogP contribution in [0.3, 0.4) is 0 Å². The van der Waals surface area contributed by atoms with E-state index in [2.05, 4.69) is 15.0 Å². The minimum atomic E-state index is -2.69. The lowest BCUT2D eigenvalue weighted by Crippen LogP contribution is -2.41. The fraction of sp³-hybridized carbons (Fsp3) is 0.474. The van der Waals surface area contributed by atoms with Crippen LogP contribution in [0.5, 0.6) is 5.75 Å². The molecule has 1 N–H and O–H groups in total. The lowest BCUT2D eigenvalue weighted by atomic mass is 10.1. The second-order valence-corrected chi connectivity index (χ2v) is 6.50. The van der Waals surface area contributed by atoms with Crippen molar-refractivity contribution in [3.8, 4) is 17.1 Å². The Bertz CT molecular complexity index is 812. The summed E-state index contributed by atoms with van der Waals surface area (Å²) in [5.41, 5.74) is 1.75. The molecule has 0 bridgehead atoms. The maximum absolute atomic E-state index is 13.4. The van der Waals surface area contributed by atoms with Gasteiger partial charge in [-0.3, -0.25) is 4.79 Å². The van der Waals surface area contributed by atoms with Crippen LogP contribution in [0.1, 0.15) is 13.3 Å². The van der Waals surface area contributed by atoms with Gasteiger partial charge in [0.05, 0.1) is 12.2 Å². The Kier molecular flexibility index (Phi) is 6.33. The molecule has 3 rings (SSSR count). The monoisotopic (exact) mass is 394 g/mol. The molecule has 28 heavy (non-hydrogen) atoms. The number of rotatable bonds is 8. The number of benzene rings is 1. The molecule has 1 aromatic heterocycles. The molecular weight excluding hydrogens is 370 g/mol. The number of carbonyl (C=O) groups excluding carboxylic acids is 1. The van der Waals surface area contributed by atoms with Gasteiger partial charge in [-0.1, -0.05) is 0 Å². The number of imidazole rings is 1. The fourth-order valence-corrected chi connectivity index (χ4v) is 3.18. The number of ether oxygens (including phenoxy) is 2. The van der Waals surface area contributed by atoms with E-state index in [0.29, 0.717) is 30.5 Å². The number of fused-ring (bicyclic) bond motifs is 3. The Hall–Kier alpha value is -2.84. The maximum Gasteiger partial charge on any atom is 0.293 e. The van der Waals surface area contributed by atoms with Gasteiger partial charge in [0.15, 0.2) is 0 Å². The molecule has 0 radical (unpaired) electrons. The van der Waals surface area contributed by atoms with Gasteiger partial charge in [-0.05, 0) is 25.5 Å². The van der Waals surface area contributed by atoms with Crippen molar-refractivity contribution in [1.82, 2.24) is 9.55 Å². The Morgan fingerprint density at radius 3 is 3.00 bits per heavy atom. The molecular formula is C19H24F2N4O3. The van der Waals surface area contributed by atoms with E-state index in [1.54, 1.807) is 6.20 Å². The van der Waals surface area contributed by atoms with Crippen molar-refractivity contribution in [3.05, 3.63) is 24.4 Å². The SMILES string of the molecule is CCNc1ccc2c(c1)OCCCn1cc(N(C)C(COC=O)C(F)F)nc1-2. The summed E-state index contributed by atoms with van der Waals surface area (Å²) in [4.78, 5) is 16.4. The molecule has 1 aliphatic rings. The van der Waals surface area contributed by atoms with E-state index in [0.717, 1.165) is 24.2 Å². The van der Waals surface area contributed by atoms with Gasteiger partial charge in [0.2, 0.25) is 0 Å². The number of aryl methyl sites for hydroxylation is 1. The number of nitrogens with one attached hydrogen (secondary N) is 1. The van der Waals surface area contributed by atoms with Crippen LogP contribution in [0.25, 0.3) is 11.4 Å². The molecule has 2 heterocycles. The molecule has 0 aliphatic carbocycles. The lowest BCUT2D eigenvalue weighted by molar-refractivity contribution is -0.130. The molecule has 2 aromatic rings. The summed E-state index contributed by atoms with van der Waals surface area (Å²) in [6.07, 6.45) is -0.171. The largest absolute Gasteiger partial charge is 0.493 e. The number of alkyl halides is 2. The van der Waals surface area contributed by atoms with Crippen LogP contribution in [-0.2, 0) is 16.1 Å². The Balaban J connectivity index is 1.96. The molecule has 0 spiro atoms. The number of aromatic nitrogens is 2. The van der Waals surface area contributed by atoms with Crippen molar-refractivity contribution >= 4 is 18.0 Å². The smallest absolute Gasteiger partial charge is 0.293 e. The lowest BCUT2D eigenvalue weighted by Gasteiger charge is -2.26. The van der Waals surface area contributed by atoms with E-state index in [9.17, 15) is 13.6 Å². The Morgan fingerprint density at radius 2 is 2.29 bits per heavy atom. The molecule has 0 amide bonds. The highest BCUT2D eigenvalue weighted by atomic mass is 19.3. The van der Waals surface area contributed by atoms with Crippen molar-refractivity contribution in [2.75, 3.05) is 37.0 Å². The van der Waals surface area contributed by atoms with E-state index in [1.165, 1.54) is 11.9 Å². The van der Waals surface area contributed by atoms with Crippen molar-refractivity contribution in [3.63, 3.8) is 0 Å². The third kappa shape index (κ3) is 4.18. The molecule has 152 valence electrons. The van der Waals surface area contributed by atoms with Gasteiger partial charge in [0, 0.05) is 38.1 Å². The average Bonchev–Trinajstić information content (AvgIpc) is 3.07. The maximum atomic E-state index is 13.4. The summed E-state index contributed by atoms with van der Waals surface area (Å²) in [6, 6.07) is 4.50. The summed E-state index contributed by atoms with van der Waals surface area (Å²) < 4.78 is 39.3. The first-order chi connectivity index (χ1) is 13.5. The van der Waals surface area contributed by atoms with Crippen LogP contribution in [0, 0.1) is 0 Å². The molecule has 7 nitrogen and oxygen atoms in total. The minimum Gasteiger partial charge on any atom is -0.493 e. The number of carbonyl (C=O) groups is 1. The average molecular weight is 394 g/mol. The van der Waals surface area contributed by atoms with E-state index in [-0.39, 0.29) is 6.47 Å². The fourth-order valence-electron chi connectivity index (χ4n) is 3.18. The van der Waals surface area contributed by atoms with Gasteiger partial charge in [-0.2, -0.15) is 0 Å². The van der Waals surface area contributed by atoms with Crippen molar-refractivity contribution in [2.45, 2.75) is 32.4 Å². The van der Waals surface area contributed by atoms with Gasteiger partial charge in [-0.15, -0.1) is 0 Å². The Morgan fingerprint density at radius 1 is 1.46 bits per heavy atom. The second-order valence-electron chi connectivity index (χ2n) is 6.50. The number of likely N-dealkylation sites (N-methyl/N-ethyl adjacent to an activating group) is 1. The summed E-state index contributed by atoms with van der Waals surface area (Å²) in [5.74, 6) is 1.75. The van der Waals surface area contributed by atoms with Crippen molar-refractivity contribution in [2.24, 2.45) is 0 Å². The van der Waals surface area contributed by atoms with Gasteiger partial charge >= 0.3 is 0 Å². The zero-order chi connectivity index (χ0) is 20.1. The first-order valence-corrected chi connectivity index (χ1v) is 9.19. The molecule has 0 fully saturated rings. The number of nitrogens with zero attached hydrogens (tertiary/aromatic N) is 3. The highest BCUT2D eigenvalue weighted by Gasteiger charge is 2.29. The van der Waals surface area contributed by atoms with Crippen molar-refractivity contribution in [1.29, 1.82) is 0 Å². The molecule has 1 atom stereocenters. The summed E-state index contributed by atoms with van der Waals surface area (Å²) >= 11 is 0. The highest BCUT2D eigenvalue weighted by Crippen LogP contribution is 2.35. The third-order valence-corrected chi connectivity index (χ3v) is 4.65. The normalized spacial score (nSPS) is 14.2. The van der Waals surface area contributed by atoms with Crippen LogP contribution >= 0.6 is 0 Å². The summed E-state index contributed by atoms with van der Waals surface area (Å²) in [7, 11) is 1.52. The molecule has 1 aliphatic heterocycles. The molecule has 0 saturated carbocycles. The zero-order valence-electron chi connectivity index (χ0n) is 15.9. The van der Waals surface area contributed by atoms with E-state index >= 15 is 0 Å². The third-order valence-electron chi connectivity index (χ3n) is 4.65. The standard InChI is InChI=1S/C19H24F2N4O3/c1-3-22-13-5-6-14-16(9-13)28-8-4-7-25-10-17(23-19(14)25)24(2)15(18(20)21)11-27-12-26/h5-6,9-10,12,15,18,22H,3-4,7-8,11H2,1-2H3. The Labute approximate surface area is 162 Å². The predicted octanol–water partition coefficient (Wildman–Crippen LogP) is 3.01. The van der Waals surface area contributed by atoms with E-state index in [4.69, 9.17) is 4.74 Å². The molecule has 9 heteroatoms. The van der Waals surface area contributed by atoms with Crippen LogP contribution in [0.4, 0.5) is 20.3 Å². The van der Waals surface area contributed by atoms with Gasteiger partial charge in [-0.25, -0.2) is 13.8 Å². The van der Waals surface area contributed by atoms with Crippen LogP contribution in [0.2, 0.25) is 0 Å². The molecule has 1 unspecified atom stereocenters. The van der Waals surface area contributed by atoms with Gasteiger partial charge in [0.1, 0.15) is 30.0 Å². The first-order valence-electron chi connectivity index (χ1n) is 9.19. The summed E-state index contributed by atoms with van der Waals surface area (Å²) in [6.45, 7) is 3.78. The first kappa shape index (κ1) is 19.9. The number of halogens is 2. The topological polar surface area (TPSA) is 68.6 Å². The number of hydrogen-bond donors (Lipinski definition) is 1. The molecule has 0 saturated heterocycles. The van der Waals surface area contributed by atoms with Gasteiger partial charge in [0.25, 0.3) is 12.9 Å². The predicted molar refractivity (Wildman–Crippen MR) is 102 cm³/mol. The van der Waals surface area contributed by atoms with E-state index in [1.807, 2.05) is 29.7 Å². The second kappa shape index (κ2) is 8.90. The summed E-state index contributed by atoms with van der Waals surface area (Å²) in [5, 5.41) is 3.25. The van der Waals surface area contributed by atoms with Gasteiger partial charge < -0.3 is 24.3 Å². The quantitative estimate of drug-likeness (QED) is 0.695. The highest BCUT2D eigenvalue weighted by molar-refractivity contribution is 5.70. The number of hydrogen-bond acceptors (Lipinski definition) is 6. The van der Waals surface area contributed by atoms with Crippen LogP contribution in [-0.4, -0.2) is 55.3 Å². The van der Waals surface area contributed by atoms with E-state index < -0.39 is 19.1 Å². The van der Waals surface area contributed by atoms with Crippen LogP contribution in [0.15, 0.2) is 24.4 Å². The minimum absolute atomic E-state index is 0.172. The van der Waals surface area contributed by atoms with Crippen LogP contribution < -0.4 is 15.0 Å². The van der Waals surface area contributed by atoms with Crippen molar-refractivity contribution < 1.29 is 23.0 Å². The number of anilines is 2. The molecule has 1 aromatic carbocycles.